The van der Waals surface area contributed by atoms with Gasteiger partial charge in [-0.15, -0.1) is 0 Å². The van der Waals surface area contributed by atoms with E-state index in [0.29, 0.717) is 12.0 Å². The molecule has 5 heteroatoms. The molecule has 3 saturated heterocycles. The number of amides is 1. The second kappa shape index (κ2) is 7.56. The molecule has 0 aromatic carbocycles. The lowest BCUT2D eigenvalue weighted by molar-refractivity contribution is -0.136. The van der Waals surface area contributed by atoms with Crippen LogP contribution in [-0.2, 0) is 9.53 Å². The highest BCUT2D eigenvalue weighted by Gasteiger charge is 2.28. The Morgan fingerprint density at radius 2 is 1.90 bits per heavy atom. The van der Waals surface area contributed by atoms with Gasteiger partial charge in [-0.25, -0.2) is 0 Å². The second-order valence-corrected chi connectivity index (χ2v) is 6.64. The van der Waals surface area contributed by atoms with Crippen molar-refractivity contribution in [3.8, 4) is 0 Å². The predicted molar refractivity (Wildman–Crippen MR) is 82.2 cm³/mol. The Balaban J connectivity index is 1.46. The summed E-state index contributed by atoms with van der Waals surface area (Å²) in [5.74, 6) is 0.659. The first-order valence-corrected chi connectivity index (χ1v) is 8.66. The number of carbonyl (C=O) groups excluding carboxylic acids is 1. The van der Waals surface area contributed by atoms with Crippen molar-refractivity contribution in [2.24, 2.45) is 5.92 Å². The van der Waals surface area contributed by atoms with Crippen LogP contribution < -0.4 is 5.32 Å². The van der Waals surface area contributed by atoms with Gasteiger partial charge >= 0.3 is 0 Å². The van der Waals surface area contributed by atoms with Crippen molar-refractivity contribution in [3.05, 3.63) is 0 Å². The van der Waals surface area contributed by atoms with Gasteiger partial charge in [0.15, 0.2) is 0 Å². The van der Waals surface area contributed by atoms with Gasteiger partial charge < -0.3 is 15.0 Å². The molecule has 3 fully saturated rings. The van der Waals surface area contributed by atoms with Crippen LogP contribution in [0.15, 0.2) is 0 Å². The number of hydrogen-bond donors (Lipinski definition) is 1. The van der Waals surface area contributed by atoms with Crippen LogP contribution in [-0.4, -0.2) is 74.2 Å². The first-order chi connectivity index (χ1) is 10.3. The number of nitrogens with one attached hydrogen (secondary N) is 1. The van der Waals surface area contributed by atoms with Crippen LogP contribution in [0, 0.1) is 5.92 Å². The van der Waals surface area contributed by atoms with E-state index in [4.69, 9.17) is 4.74 Å². The Morgan fingerprint density at radius 1 is 1.05 bits per heavy atom. The van der Waals surface area contributed by atoms with Gasteiger partial charge in [-0.1, -0.05) is 0 Å². The number of rotatable bonds is 3. The average Bonchev–Trinajstić information content (AvgIpc) is 2.92. The zero-order valence-electron chi connectivity index (χ0n) is 13.1. The summed E-state index contributed by atoms with van der Waals surface area (Å²) in [5, 5.41) is 3.34. The van der Waals surface area contributed by atoms with Gasteiger partial charge in [0.25, 0.3) is 0 Å². The molecule has 0 aromatic heterocycles. The lowest BCUT2D eigenvalue weighted by atomic mass is 9.96. The molecular formula is C16H29N3O2. The topological polar surface area (TPSA) is 44.8 Å². The van der Waals surface area contributed by atoms with Crippen LogP contribution in [0.2, 0.25) is 0 Å². The number of nitrogens with zero attached hydrogens (tertiary/aromatic N) is 2. The molecule has 0 spiro atoms. The maximum absolute atomic E-state index is 12.6. The molecule has 0 aromatic rings. The van der Waals surface area contributed by atoms with E-state index in [2.05, 4.69) is 15.1 Å². The van der Waals surface area contributed by atoms with Crippen LogP contribution in [0.1, 0.15) is 32.1 Å². The summed E-state index contributed by atoms with van der Waals surface area (Å²) in [5.41, 5.74) is 0. The van der Waals surface area contributed by atoms with E-state index in [1.807, 2.05) is 0 Å². The lowest BCUT2D eigenvalue weighted by Crippen LogP contribution is -2.43. The third kappa shape index (κ3) is 4.18. The molecule has 1 N–H and O–H groups in total. The van der Waals surface area contributed by atoms with Gasteiger partial charge in [0.05, 0.1) is 6.10 Å². The van der Waals surface area contributed by atoms with Crippen molar-refractivity contribution in [1.29, 1.82) is 0 Å². The quantitative estimate of drug-likeness (QED) is 0.832. The highest BCUT2D eigenvalue weighted by molar-refractivity contribution is 5.79. The Kier molecular flexibility index (Phi) is 5.49. The number of carbonyl (C=O) groups is 1. The van der Waals surface area contributed by atoms with Crippen LogP contribution in [0.4, 0.5) is 0 Å². The molecule has 1 amide bonds. The normalized spacial score (nSPS) is 29.5. The zero-order chi connectivity index (χ0) is 14.5. The molecule has 3 aliphatic heterocycles. The van der Waals surface area contributed by atoms with E-state index in [-0.39, 0.29) is 5.92 Å². The summed E-state index contributed by atoms with van der Waals surface area (Å²) in [6, 6.07) is 0. The molecule has 120 valence electrons. The van der Waals surface area contributed by atoms with Crippen molar-refractivity contribution < 1.29 is 9.53 Å². The lowest BCUT2D eigenvalue weighted by Gasteiger charge is -2.29. The van der Waals surface area contributed by atoms with Gasteiger partial charge in [0.1, 0.15) is 0 Å². The molecular weight excluding hydrogens is 266 g/mol. The van der Waals surface area contributed by atoms with Crippen molar-refractivity contribution in [3.63, 3.8) is 0 Å². The van der Waals surface area contributed by atoms with Crippen LogP contribution >= 0.6 is 0 Å². The minimum atomic E-state index is 0.260. The summed E-state index contributed by atoms with van der Waals surface area (Å²) >= 11 is 0. The Hall–Kier alpha value is -0.650. The fourth-order valence-electron chi connectivity index (χ4n) is 3.78. The fourth-order valence-corrected chi connectivity index (χ4v) is 3.78. The largest absolute Gasteiger partial charge is 0.377 e. The van der Waals surface area contributed by atoms with E-state index >= 15 is 0 Å². The highest BCUT2D eigenvalue weighted by atomic mass is 16.5. The smallest absolute Gasteiger partial charge is 0.225 e. The number of piperidine rings is 1. The third-order valence-electron chi connectivity index (χ3n) is 5.07. The standard InChI is InChI=1S/C16H29N3O2/c20-16(14-4-6-17-7-5-14)19-9-2-8-18(10-11-19)13-15-3-1-12-21-15/h14-15,17H,1-13H2. The Morgan fingerprint density at radius 3 is 2.67 bits per heavy atom. The summed E-state index contributed by atoms with van der Waals surface area (Å²) in [6.07, 6.45) is 5.96. The van der Waals surface area contributed by atoms with E-state index < -0.39 is 0 Å². The molecule has 1 atom stereocenters. The second-order valence-electron chi connectivity index (χ2n) is 6.64. The van der Waals surface area contributed by atoms with E-state index in [1.54, 1.807) is 0 Å². The maximum Gasteiger partial charge on any atom is 0.225 e. The van der Waals surface area contributed by atoms with Gasteiger partial charge in [-0.3, -0.25) is 9.69 Å². The molecule has 0 bridgehead atoms. The Labute approximate surface area is 128 Å². The number of hydrogen-bond acceptors (Lipinski definition) is 4. The molecule has 3 heterocycles. The van der Waals surface area contributed by atoms with Crippen molar-refractivity contribution in [2.45, 2.75) is 38.2 Å². The van der Waals surface area contributed by atoms with Crippen LogP contribution in [0.3, 0.4) is 0 Å². The first-order valence-electron chi connectivity index (χ1n) is 8.66. The third-order valence-corrected chi connectivity index (χ3v) is 5.07. The SMILES string of the molecule is O=C(C1CCNCC1)N1CCCN(CC2CCCO2)CC1. The summed E-state index contributed by atoms with van der Waals surface area (Å²) in [6.45, 7) is 7.92. The maximum atomic E-state index is 12.6. The minimum Gasteiger partial charge on any atom is -0.377 e. The summed E-state index contributed by atoms with van der Waals surface area (Å²) in [4.78, 5) is 17.2. The fraction of sp³-hybridized carbons (Fsp3) is 0.938. The molecule has 5 nitrogen and oxygen atoms in total. The van der Waals surface area contributed by atoms with Crippen LogP contribution in [0.5, 0.6) is 0 Å². The molecule has 1 unspecified atom stereocenters. The molecule has 3 rings (SSSR count). The average molecular weight is 295 g/mol. The van der Waals surface area contributed by atoms with Crippen LogP contribution in [0.25, 0.3) is 0 Å². The van der Waals surface area contributed by atoms with Gasteiger partial charge in [-0.2, -0.15) is 0 Å². The first kappa shape index (κ1) is 15.3. The van der Waals surface area contributed by atoms with Gasteiger partial charge in [-0.05, 0) is 51.7 Å². The van der Waals surface area contributed by atoms with Crippen molar-refractivity contribution >= 4 is 5.91 Å². The summed E-state index contributed by atoms with van der Waals surface area (Å²) < 4.78 is 5.74. The van der Waals surface area contributed by atoms with E-state index in [9.17, 15) is 4.79 Å². The molecule has 0 saturated carbocycles. The van der Waals surface area contributed by atoms with E-state index in [1.165, 1.54) is 12.8 Å². The molecule has 3 aliphatic rings. The molecule has 21 heavy (non-hydrogen) atoms. The van der Waals surface area contributed by atoms with Gasteiger partial charge in [0.2, 0.25) is 5.91 Å². The summed E-state index contributed by atoms with van der Waals surface area (Å²) in [7, 11) is 0. The zero-order valence-corrected chi connectivity index (χ0v) is 13.1. The monoisotopic (exact) mass is 295 g/mol. The highest BCUT2D eigenvalue weighted by Crippen LogP contribution is 2.18. The van der Waals surface area contributed by atoms with Gasteiger partial charge in [0, 0.05) is 38.7 Å². The van der Waals surface area contributed by atoms with Crippen molar-refractivity contribution in [2.75, 3.05) is 52.4 Å². The Bertz CT molecular complexity index is 338. The molecule has 0 radical (unpaired) electrons. The predicted octanol–water partition coefficient (Wildman–Crippen LogP) is 0.699. The number of ether oxygens (including phenoxy) is 1. The molecule has 0 aliphatic carbocycles. The van der Waals surface area contributed by atoms with E-state index in [0.717, 1.165) is 71.7 Å². The minimum absolute atomic E-state index is 0.260. The van der Waals surface area contributed by atoms with Crippen molar-refractivity contribution in [1.82, 2.24) is 15.1 Å².